The Morgan fingerprint density at radius 1 is 1.15 bits per heavy atom. The number of nitrogens with zero attached hydrogens (tertiary/aromatic N) is 3. The summed E-state index contributed by atoms with van der Waals surface area (Å²) >= 11 is 6.17. The molecule has 4 nitrogen and oxygen atoms in total. The summed E-state index contributed by atoms with van der Waals surface area (Å²) in [5, 5.41) is 14.4. The smallest absolute Gasteiger partial charge is 0.161 e. The van der Waals surface area contributed by atoms with E-state index in [1.54, 1.807) is 10.7 Å². The number of aromatic nitrogens is 3. The van der Waals surface area contributed by atoms with Crippen LogP contribution in [0.5, 0.6) is 0 Å². The number of hydrogen-bond acceptors (Lipinski definition) is 3. The van der Waals surface area contributed by atoms with Gasteiger partial charge >= 0.3 is 0 Å². The predicted octanol–water partition coefficient (Wildman–Crippen LogP) is 3.73. The van der Waals surface area contributed by atoms with Gasteiger partial charge in [0.2, 0.25) is 0 Å². The Morgan fingerprint density at radius 3 is 2.58 bits per heavy atom. The summed E-state index contributed by atoms with van der Waals surface area (Å²) in [6.45, 7) is 0.345. The van der Waals surface area contributed by atoms with E-state index in [1.165, 1.54) is 17.7 Å². The lowest BCUT2D eigenvalue weighted by Crippen LogP contribution is -2.12. The molecule has 0 saturated heterocycles. The van der Waals surface area contributed by atoms with E-state index in [2.05, 4.69) is 17.2 Å². The number of aliphatic hydroxyl groups is 1. The summed E-state index contributed by atoms with van der Waals surface area (Å²) in [4.78, 5) is 4.79. The average Bonchev–Trinajstić information content (AvgIpc) is 3.36. The van der Waals surface area contributed by atoms with Gasteiger partial charge in [0.05, 0.1) is 18.6 Å². The zero-order valence-electron chi connectivity index (χ0n) is 14.2. The van der Waals surface area contributed by atoms with E-state index in [9.17, 15) is 9.50 Å². The standard InChI is InChI=1S/C20H19ClFN3O/c21-17-13-16(22)7-6-14(17)12-18-23-19(24-25(18)10-11-26)20(8-9-20)15-4-2-1-3-5-15/h1-7,13,26H,8-12H2. The van der Waals surface area contributed by atoms with Gasteiger partial charge in [-0.3, -0.25) is 0 Å². The fraction of sp³-hybridized carbons (Fsp3) is 0.300. The lowest BCUT2D eigenvalue weighted by molar-refractivity contribution is 0.267. The van der Waals surface area contributed by atoms with E-state index < -0.39 is 0 Å². The molecule has 1 saturated carbocycles. The Hall–Kier alpha value is -2.24. The summed E-state index contributed by atoms with van der Waals surface area (Å²) in [6, 6.07) is 14.6. The molecule has 0 aliphatic heterocycles. The zero-order valence-corrected chi connectivity index (χ0v) is 15.0. The van der Waals surface area contributed by atoms with Crippen LogP contribution in [0.1, 0.15) is 35.6 Å². The first kappa shape index (κ1) is 17.2. The third-order valence-corrected chi connectivity index (χ3v) is 5.28. The van der Waals surface area contributed by atoms with Crippen molar-refractivity contribution in [1.29, 1.82) is 0 Å². The van der Waals surface area contributed by atoms with Gasteiger partial charge in [-0.25, -0.2) is 14.1 Å². The van der Waals surface area contributed by atoms with Crippen LogP contribution in [0.3, 0.4) is 0 Å². The molecule has 0 atom stereocenters. The Balaban J connectivity index is 1.70. The Morgan fingerprint density at radius 2 is 1.92 bits per heavy atom. The lowest BCUT2D eigenvalue weighted by Gasteiger charge is -2.11. The van der Waals surface area contributed by atoms with Crippen LogP contribution in [0, 0.1) is 5.82 Å². The van der Waals surface area contributed by atoms with Crippen molar-refractivity contribution in [2.45, 2.75) is 31.2 Å². The maximum Gasteiger partial charge on any atom is 0.161 e. The minimum absolute atomic E-state index is 0.0225. The Bertz CT molecular complexity index is 922. The number of hydrogen-bond donors (Lipinski definition) is 1. The Kier molecular flexibility index (Phi) is 4.51. The van der Waals surface area contributed by atoms with E-state index in [-0.39, 0.29) is 17.8 Å². The fourth-order valence-electron chi connectivity index (χ4n) is 3.34. The van der Waals surface area contributed by atoms with Gasteiger partial charge in [0.1, 0.15) is 11.6 Å². The van der Waals surface area contributed by atoms with Crippen LogP contribution in [0.2, 0.25) is 5.02 Å². The summed E-state index contributed by atoms with van der Waals surface area (Å²) < 4.78 is 15.0. The third kappa shape index (κ3) is 3.13. The Labute approximate surface area is 156 Å². The second-order valence-corrected chi connectivity index (χ2v) is 7.07. The summed E-state index contributed by atoms with van der Waals surface area (Å²) in [5.41, 5.74) is 1.87. The highest BCUT2D eigenvalue weighted by atomic mass is 35.5. The molecule has 1 aliphatic carbocycles. The topological polar surface area (TPSA) is 50.9 Å². The molecule has 4 rings (SSSR count). The minimum Gasteiger partial charge on any atom is -0.394 e. The highest BCUT2D eigenvalue weighted by molar-refractivity contribution is 6.31. The molecular weight excluding hydrogens is 353 g/mol. The van der Waals surface area contributed by atoms with E-state index in [0.29, 0.717) is 18.0 Å². The molecule has 2 aromatic carbocycles. The second kappa shape index (κ2) is 6.82. The lowest BCUT2D eigenvalue weighted by atomic mass is 9.95. The number of benzene rings is 2. The highest BCUT2D eigenvalue weighted by Gasteiger charge is 2.49. The molecule has 0 spiro atoms. The largest absolute Gasteiger partial charge is 0.394 e. The number of aliphatic hydroxyl groups excluding tert-OH is 1. The SMILES string of the molecule is OCCn1nc(C2(c3ccccc3)CC2)nc1Cc1ccc(F)cc1Cl. The van der Waals surface area contributed by atoms with E-state index >= 15 is 0 Å². The van der Waals surface area contributed by atoms with Gasteiger partial charge in [-0.15, -0.1) is 0 Å². The first-order valence-corrected chi connectivity index (χ1v) is 9.05. The molecule has 0 amide bonds. The molecule has 3 aromatic rings. The van der Waals surface area contributed by atoms with Gasteiger partial charge in [0.15, 0.2) is 5.82 Å². The molecule has 1 N–H and O–H groups in total. The van der Waals surface area contributed by atoms with E-state index in [4.69, 9.17) is 16.6 Å². The summed E-state index contributed by atoms with van der Waals surface area (Å²) in [7, 11) is 0. The van der Waals surface area contributed by atoms with Gasteiger partial charge in [-0.05, 0) is 36.1 Å². The van der Waals surface area contributed by atoms with Gasteiger partial charge in [-0.2, -0.15) is 5.10 Å². The molecular formula is C20H19ClFN3O. The molecule has 26 heavy (non-hydrogen) atoms. The molecule has 1 aromatic heterocycles. The van der Waals surface area contributed by atoms with E-state index in [0.717, 1.165) is 30.1 Å². The molecule has 6 heteroatoms. The molecule has 1 heterocycles. The van der Waals surface area contributed by atoms with Crippen molar-refractivity contribution in [3.63, 3.8) is 0 Å². The maximum atomic E-state index is 13.3. The highest BCUT2D eigenvalue weighted by Crippen LogP contribution is 2.52. The minimum atomic E-state index is -0.364. The summed E-state index contributed by atoms with van der Waals surface area (Å²) in [5.74, 6) is 1.15. The van der Waals surface area contributed by atoms with Crippen LogP contribution in [-0.2, 0) is 18.4 Å². The summed E-state index contributed by atoms with van der Waals surface area (Å²) in [6.07, 6.45) is 2.46. The molecule has 1 fully saturated rings. The monoisotopic (exact) mass is 371 g/mol. The first-order chi connectivity index (χ1) is 12.6. The van der Waals surface area contributed by atoms with Crippen molar-refractivity contribution in [1.82, 2.24) is 14.8 Å². The van der Waals surface area contributed by atoms with Crippen molar-refractivity contribution in [3.8, 4) is 0 Å². The maximum absolute atomic E-state index is 13.3. The zero-order chi connectivity index (χ0) is 18.1. The third-order valence-electron chi connectivity index (χ3n) is 4.93. The van der Waals surface area contributed by atoms with Crippen LogP contribution >= 0.6 is 11.6 Å². The number of halogens is 2. The fourth-order valence-corrected chi connectivity index (χ4v) is 3.57. The van der Waals surface area contributed by atoms with Gasteiger partial charge in [0.25, 0.3) is 0 Å². The second-order valence-electron chi connectivity index (χ2n) is 6.66. The molecule has 0 radical (unpaired) electrons. The molecule has 134 valence electrons. The quantitative estimate of drug-likeness (QED) is 0.718. The molecule has 0 bridgehead atoms. The van der Waals surface area contributed by atoms with Crippen molar-refractivity contribution in [2.75, 3.05) is 6.61 Å². The number of rotatable bonds is 6. The first-order valence-electron chi connectivity index (χ1n) is 8.67. The molecule has 1 aliphatic rings. The molecule has 0 unspecified atom stereocenters. The van der Waals surface area contributed by atoms with Crippen LogP contribution in [0.4, 0.5) is 4.39 Å². The van der Waals surface area contributed by atoms with Crippen LogP contribution in [-0.4, -0.2) is 26.5 Å². The van der Waals surface area contributed by atoms with Crippen molar-refractivity contribution in [3.05, 3.63) is 82.1 Å². The average molecular weight is 372 g/mol. The van der Waals surface area contributed by atoms with Gasteiger partial charge < -0.3 is 5.11 Å². The van der Waals surface area contributed by atoms with Crippen LogP contribution in [0.15, 0.2) is 48.5 Å². The van der Waals surface area contributed by atoms with Crippen molar-refractivity contribution in [2.24, 2.45) is 0 Å². The van der Waals surface area contributed by atoms with Crippen LogP contribution < -0.4 is 0 Å². The normalized spacial score (nSPS) is 15.2. The van der Waals surface area contributed by atoms with E-state index in [1.807, 2.05) is 18.2 Å². The van der Waals surface area contributed by atoms with Gasteiger partial charge in [0, 0.05) is 11.4 Å². The van der Waals surface area contributed by atoms with Gasteiger partial charge in [-0.1, -0.05) is 48.0 Å². The van der Waals surface area contributed by atoms with Crippen LogP contribution in [0.25, 0.3) is 0 Å². The predicted molar refractivity (Wildman–Crippen MR) is 97.8 cm³/mol. The van der Waals surface area contributed by atoms with Crippen molar-refractivity contribution < 1.29 is 9.50 Å². The van der Waals surface area contributed by atoms with Crippen molar-refractivity contribution >= 4 is 11.6 Å².